The summed E-state index contributed by atoms with van der Waals surface area (Å²) < 4.78 is 2.80. The molecule has 2 aromatic carbocycles. The highest BCUT2D eigenvalue weighted by Gasteiger charge is 2.10. The molecular formula is C17H16BrN3O2. The van der Waals surface area contributed by atoms with E-state index in [1.165, 1.54) is 6.07 Å². The Morgan fingerprint density at radius 3 is 2.91 bits per heavy atom. The number of amides is 1. The largest absolute Gasteiger partial charge is 0.507 e. The van der Waals surface area contributed by atoms with E-state index in [2.05, 4.69) is 30.8 Å². The Hall–Kier alpha value is -2.34. The average molecular weight is 374 g/mol. The fourth-order valence-corrected chi connectivity index (χ4v) is 2.78. The Morgan fingerprint density at radius 1 is 1.26 bits per heavy atom. The van der Waals surface area contributed by atoms with E-state index in [1.54, 1.807) is 12.1 Å². The molecule has 0 aliphatic carbocycles. The van der Waals surface area contributed by atoms with Crippen LogP contribution in [0.25, 0.3) is 11.0 Å². The highest BCUT2D eigenvalue weighted by Crippen LogP contribution is 2.22. The number of hydrogen-bond acceptors (Lipinski definition) is 3. The second kappa shape index (κ2) is 6.83. The number of halogens is 1. The van der Waals surface area contributed by atoms with Crippen LogP contribution in [0.1, 0.15) is 16.8 Å². The molecule has 0 radical (unpaired) electrons. The number of nitrogens with zero attached hydrogens (tertiary/aromatic N) is 2. The molecule has 1 heterocycles. The van der Waals surface area contributed by atoms with E-state index in [1.807, 2.05) is 30.6 Å². The molecule has 0 spiro atoms. The summed E-state index contributed by atoms with van der Waals surface area (Å²) in [4.78, 5) is 16.4. The summed E-state index contributed by atoms with van der Waals surface area (Å²) in [7, 11) is 0. The maximum Gasteiger partial charge on any atom is 0.255 e. The van der Waals surface area contributed by atoms with Crippen LogP contribution in [0.5, 0.6) is 5.75 Å². The van der Waals surface area contributed by atoms with Gasteiger partial charge in [-0.1, -0.05) is 28.1 Å². The summed E-state index contributed by atoms with van der Waals surface area (Å²) in [5, 5.41) is 12.6. The number of fused-ring (bicyclic) bond motifs is 1. The molecule has 0 atom stereocenters. The molecule has 5 nitrogen and oxygen atoms in total. The number of para-hydroxylation sites is 2. The number of nitrogens with one attached hydrogen (secondary N) is 1. The Balaban J connectivity index is 1.54. The molecule has 2 N–H and O–H groups in total. The van der Waals surface area contributed by atoms with Crippen LogP contribution in [0.4, 0.5) is 0 Å². The number of carbonyl (C=O) groups is 1. The number of aryl methyl sites for hydroxylation is 1. The van der Waals surface area contributed by atoms with Crippen molar-refractivity contribution in [3.05, 3.63) is 58.8 Å². The normalized spacial score (nSPS) is 10.8. The summed E-state index contributed by atoms with van der Waals surface area (Å²) >= 11 is 3.25. The van der Waals surface area contributed by atoms with Gasteiger partial charge in [0.05, 0.1) is 22.9 Å². The van der Waals surface area contributed by atoms with Gasteiger partial charge in [0, 0.05) is 17.6 Å². The number of phenols is 1. The summed E-state index contributed by atoms with van der Waals surface area (Å²) in [6.07, 6.45) is 2.59. The number of benzene rings is 2. The van der Waals surface area contributed by atoms with Crippen molar-refractivity contribution in [3.63, 3.8) is 0 Å². The number of aromatic hydroxyl groups is 1. The number of hydrogen-bond donors (Lipinski definition) is 2. The van der Waals surface area contributed by atoms with Crippen molar-refractivity contribution >= 4 is 32.9 Å². The maximum absolute atomic E-state index is 12.0. The van der Waals surface area contributed by atoms with Crippen LogP contribution in [-0.4, -0.2) is 27.1 Å². The third-order valence-electron chi connectivity index (χ3n) is 3.59. The SMILES string of the molecule is O=C(NCCCn1cnc2ccccc21)c1ccc(Br)cc1O. The minimum atomic E-state index is -0.273. The Morgan fingerprint density at radius 2 is 2.09 bits per heavy atom. The Bertz CT molecular complexity index is 845. The molecule has 118 valence electrons. The number of rotatable bonds is 5. The van der Waals surface area contributed by atoms with E-state index in [4.69, 9.17) is 0 Å². The molecule has 0 saturated carbocycles. The van der Waals surface area contributed by atoms with E-state index in [-0.39, 0.29) is 17.2 Å². The average Bonchev–Trinajstić information content (AvgIpc) is 2.94. The molecule has 1 aromatic heterocycles. The molecule has 0 fully saturated rings. The van der Waals surface area contributed by atoms with Gasteiger partial charge in [-0.05, 0) is 36.8 Å². The van der Waals surface area contributed by atoms with Crippen molar-refractivity contribution in [3.8, 4) is 5.75 Å². The first-order valence-corrected chi connectivity index (χ1v) is 8.11. The highest BCUT2D eigenvalue weighted by molar-refractivity contribution is 9.10. The van der Waals surface area contributed by atoms with Crippen LogP contribution < -0.4 is 5.32 Å². The molecule has 23 heavy (non-hydrogen) atoms. The van der Waals surface area contributed by atoms with Crippen molar-refractivity contribution in [2.45, 2.75) is 13.0 Å². The summed E-state index contributed by atoms with van der Waals surface area (Å²) in [6.45, 7) is 1.30. The van der Waals surface area contributed by atoms with Gasteiger partial charge < -0.3 is 15.0 Å². The van der Waals surface area contributed by atoms with Gasteiger partial charge in [-0.25, -0.2) is 4.98 Å². The van der Waals surface area contributed by atoms with Crippen LogP contribution in [0.2, 0.25) is 0 Å². The van der Waals surface area contributed by atoms with Gasteiger partial charge >= 0.3 is 0 Å². The molecule has 6 heteroatoms. The van der Waals surface area contributed by atoms with Crippen molar-refractivity contribution in [1.82, 2.24) is 14.9 Å². The molecule has 1 amide bonds. The third kappa shape index (κ3) is 3.53. The predicted molar refractivity (Wildman–Crippen MR) is 92.5 cm³/mol. The van der Waals surface area contributed by atoms with Crippen molar-refractivity contribution in [2.75, 3.05) is 6.54 Å². The van der Waals surface area contributed by atoms with Gasteiger partial charge in [0.1, 0.15) is 5.75 Å². The third-order valence-corrected chi connectivity index (χ3v) is 4.09. The fourth-order valence-electron chi connectivity index (χ4n) is 2.43. The molecule has 0 aliphatic heterocycles. The van der Waals surface area contributed by atoms with Crippen LogP contribution in [-0.2, 0) is 6.54 Å². The van der Waals surface area contributed by atoms with Crippen molar-refractivity contribution in [2.24, 2.45) is 0 Å². The van der Waals surface area contributed by atoms with Crippen LogP contribution in [0.3, 0.4) is 0 Å². The second-order valence-electron chi connectivity index (χ2n) is 5.20. The van der Waals surface area contributed by atoms with Crippen molar-refractivity contribution < 1.29 is 9.90 Å². The van der Waals surface area contributed by atoms with Gasteiger partial charge in [0.15, 0.2) is 0 Å². The quantitative estimate of drug-likeness (QED) is 0.674. The fraction of sp³-hybridized carbons (Fsp3) is 0.176. The molecular weight excluding hydrogens is 358 g/mol. The van der Waals surface area contributed by atoms with Crippen molar-refractivity contribution in [1.29, 1.82) is 0 Å². The lowest BCUT2D eigenvalue weighted by molar-refractivity contribution is 0.0950. The first-order chi connectivity index (χ1) is 11.1. The van der Waals surface area contributed by atoms with Gasteiger partial charge in [0.2, 0.25) is 0 Å². The standard InChI is InChI=1S/C17H16BrN3O2/c18-12-6-7-13(16(22)10-12)17(23)19-8-3-9-21-11-20-14-4-1-2-5-15(14)21/h1-2,4-7,10-11,22H,3,8-9H2,(H,19,23). The van der Waals surface area contributed by atoms with Gasteiger partial charge in [-0.3, -0.25) is 4.79 Å². The molecule has 0 saturated heterocycles. The number of aromatic nitrogens is 2. The lowest BCUT2D eigenvalue weighted by Crippen LogP contribution is -2.25. The van der Waals surface area contributed by atoms with Crippen LogP contribution >= 0.6 is 15.9 Å². The lowest BCUT2D eigenvalue weighted by atomic mass is 10.2. The molecule has 0 aliphatic rings. The monoisotopic (exact) mass is 373 g/mol. The second-order valence-corrected chi connectivity index (χ2v) is 6.11. The van der Waals surface area contributed by atoms with E-state index >= 15 is 0 Å². The molecule has 0 unspecified atom stereocenters. The first-order valence-electron chi connectivity index (χ1n) is 7.32. The molecule has 3 rings (SSSR count). The van der Waals surface area contributed by atoms with Gasteiger partial charge in [-0.2, -0.15) is 0 Å². The number of carbonyl (C=O) groups excluding carboxylic acids is 1. The first kappa shape index (κ1) is 15.6. The minimum absolute atomic E-state index is 0.0301. The lowest BCUT2D eigenvalue weighted by Gasteiger charge is -2.08. The highest BCUT2D eigenvalue weighted by atomic mass is 79.9. The number of phenolic OH excluding ortho intramolecular Hbond substituents is 1. The van der Waals surface area contributed by atoms with Gasteiger partial charge in [0.25, 0.3) is 5.91 Å². The zero-order valence-electron chi connectivity index (χ0n) is 12.4. The van der Waals surface area contributed by atoms with E-state index in [0.717, 1.165) is 28.5 Å². The minimum Gasteiger partial charge on any atom is -0.507 e. The topological polar surface area (TPSA) is 67.2 Å². The van der Waals surface area contributed by atoms with E-state index in [9.17, 15) is 9.90 Å². The summed E-state index contributed by atoms with van der Waals surface area (Å²) in [6, 6.07) is 12.8. The van der Waals surface area contributed by atoms with Gasteiger partial charge in [-0.15, -0.1) is 0 Å². The summed E-state index contributed by atoms with van der Waals surface area (Å²) in [5.74, 6) is -0.303. The van der Waals surface area contributed by atoms with E-state index < -0.39 is 0 Å². The van der Waals surface area contributed by atoms with Crippen LogP contribution in [0.15, 0.2) is 53.3 Å². The van der Waals surface area contributed by atoms with E-state index in [0.29, 0.717) is 6.54 Å². The molecule has 0 bridgehead atoms. The number of imidazole rings is 1. The van der Waals surface area contributed by atoms with Crippen LogP contribution in [0, 0.1) is 0 Å². The smallest absolute Gasteiger partial charge is 0.255 e. The zero-order valence-corrected chi connectivity index (χ0v) is 14.0. The zero-order chi connectivity index (χ0) is 16.2. The Labute approximate surface area is 142 Å². The maximum atomic E-state index is 12.0. The molecule has 3 aromatic rings. The Kier molecular flexibility index (Phi) is 4.62. The summed E-state index contributed by atoms with van der Waals surface area (Å²) in [5.41, 5.74) is 2.34. The predicted octanol–water partition coefficient (Wildman–Crippen LogP) is 3.32.